The summed E-state index contributed by atoms with van der Waals surface area (Å²) >= 11 is 0. The van der Waals surface area contributed by atoms with Crippen LogP contribution in [0.15, 0.2) is 108 Å². The molecule has 0 N–H and O–H groups in total. The molecular weight excluding hydrogens is 707 g/mol. The highest BCUT2D eigenvalue weighted by molar-refractivity contribution is 6.70. The van der Waals surface area contributed by atoms with E-state index in [1.807, 2.05) is 0 Å². The van der Waals surface area contributed by atoms with E-state index in [-0.39, 0.29) is 0 Å². The lowest BCUT2D eigenvalue weighted by atomic mass is 9.60. The fourth-order valence-electron chi connectivity index (χ4n) is 9.69. The smallest absolute Gasteiger partial charge is 0.167 e. The van der Waals surface area contributed by atoms with Gasteiger partial charge in [-0.3, -0.25) is 0 Å². The van der Waals surface area contributed by atoms with E-state index in [0.29, 0.717) is 17.5 Å². The molecule has 0 atom stereocenters. The summed E-state index contributed by atoms with van der Waals surface area (Å²) in [6.45, 7) is 0. The summed E-state index contributed by atoms with van der Waals surface area (Å²) in [7, 11) is 22.0. The van der Waals surface area contributed by atoms with Gasteiger partial charge in [0.2, 0.25) is 0 Å². The summed E-state index contributed by atoms with van der Waals surface area (Å²) in [4.78, 5) is 16.1. The molecule has 0 saturated carbocycles. The molecule has 2 heterocycles. The van der Waals surface area contributed by atoms with Crippen LogP contribution in [0.3, 0.4) is 0 Å². The largest absolute Gasteiger partial charge is 0.455 e. The van der Waals surface area contributed by atoms with Crippen molar-refractivity contribution >= 4 is 187 Å². The van der Waals surface area contributed by atoms with Gasteiger partial charge in [0, 0.05) is 27.5 Å². The van der Waals surface area contributed by atoms with Crippen molar-refractivity contribution in [2.45, 2.75) is 0 Å². The summed E-state index contributed by atoms with van der Waals surface area (Å²) in [5.74, 6) is 1.97. The third-order valence-corrected chi connectivity index (χ3v) is 13.9. The Balaban J connectivity index is 1.23. The van der Waals surface area contributed by atoms with E-state index >= 15 is 0 Å². The van der Waals surface area contributed by atoms with Crippen LogP contribution in [-0.4, -0.2) is 93.4 Å². The van der Waals surface area contributed by atoms with Crippen molar-refractivity contribution in [2.24, 2.45) is 0 Å². The molecule has 0 unspecified atom stereocenters. The number of hydrogen-bond donors (Lipinski definition) is 0. The highest BCUT2D eigenvalue weighted by Gasteiger charge is 2.24. The highest BCUT2D eigenvalue weighted by Crippen LogP contribution is 2.42. The predicted molar refractivity (Wildman–Crippen MR) is 283 cm³/mol. The van der Waals surface area contributed by atoms with Crippen LogP contribution < -0.4 is 54.6 Å². The van der Waals surface area contributed by atoms with Gasteiger partial charge in [-0.1, -0.05) is 113 Å². The maximum absolute atomic E-state index is 7.09. The molecule has 0 aliphatic heterocycles. The Kier molecular flexibility index (Phi) is 8.72. The monoisotopic (exact) mass is 745 g/mol. The minimum absolute atomic E-state index is 0.602. The maximum atomic E-state index is 7.09. The Hall–Kier alpha value is -6.00. The van der Waals surface area contributed by atoms with Crippen LogP contribution in [0.25, 0.3) is 99.5 Å². The third-order valence-electron chi connectivity index (χ3n) is 13.9. The predicted octanol–water partition coefficient (Wildman–Crippen LogP) is -5.52. The van der Waals surface area contributed by atoms with Gasteiger partial charge in [0.25, 0.3) is 0 Å². The number of nitrogens with zero attached hydrogens (tertiary/aromatic N) is 3. The third kappa shape index (κ3) is 5.55. The van der Waals surface area contributed by atoms with Crippen LogP contribution in [0.1, 0.15) is 0 Å². The van der Waals surface area contributed by atoms with Gasteiger partial charge in [0.1, 0.15) is 89.6 Å². The van der Waals surface area contributed by atoms with Crippen molar-refractivity contribution in [1.82, 2.24) is 15.0 Å². The molecule has 2 aromatic heterocycles. The first-order valence-electron chi connectivity index (χ1n) is 20.6. The topological polar surface area (TPSA) is 51.8 Å². The zero-order chi connectivity index (χ0) is 41.0. The van der Waals surface area contributed by atoms with Crippen molar-refractivity contribution in [3.63, 3.8) is 0 Å². The Labute approximate surface area is 353 Å². The van der Waals surface area contributed by atoms with Gasteiger partial charge in [-0.05, 0) is 50.0 Å². The number of rotatable bonds is 4. The molecule has 8 aromatic carbocycles. The second-order valence-corrected chi connectivity index (χ2v) is 16.6. The molecule has 0 fully saturated rings. The normalized spacial score (nSPS) is 11.7. The van der Waals surface area contributed by atoms with Crippen LogP contribution in [0, 0.1) is 0 Å². The summed E-state index contributed by atoms with van der Waals surface area (Å²) in [6, 6.07) is 37.1. The highest BCUT2D eigenvalue weighted by atomic mass is 16.3. The Morgan fingerprint density at radius 3 is 1.14 bits per heavy atom. The first-order chi connectivity index (χ1) is 28.4. The summed E-state index contributed by atoms with van der Waals surface area (Å²) in [5, 5.41) is 9.62. The quantitative estimate of drug-likeness (QED) is 0.134. The number of furan rings is 1. The van der Waals surface area contributed by atoms with Crippen LogP contribution in [0.4, 0.5) is 0 Å². The van der Waals surface area contributed by atoms with Crippen LogP contribution in [0.5, 0.6) is 0 Å². The van der Waals surface area contributed by atoms with Crippen molar-refractivity contribution in [3.8, 4) is 45.3 Å². The molecule has 268 valence electrons. The van der Waals surface area contributed by atoms with Crippen LogP contribution in [-0.2, 0) is 0 Å². The lowest BCUT2D eigenvalue weighted by Crippen LogP contribution is -2.55. The summed E-state index contributed by atoms with van der Waals surface area (Å²) in [5.41, 5.74) is 19.2. The lowest BCUT2D eigenvalue weighted by molar-refractivity contribution is 0.670. The number of hydrogen-bond acceptors (Lipinski definition) is 4. The maximum Gasteiger partial charge on any atom is 0.167 e. The molecule has 10 aromatic rings. The molecule has 14 heteroatoms. The molecule has 0 amide bonds. The first-order valence-corrected chi connectivity index (χ1v) is 20.6. The van der Waals surface area contributed by atoms with Crippen molar-refractivity contribution in [3.05, 3.63) is 103 Å². The molecule has 10 rings (SSSR count). The second kappa shape index (κ2) is 13.8. The van der Waals surface area contributed by atoms with Gasteiger partial charge in [-0.25, -0.2) is 15.0 Å². The molecular formula is C45H37B10N3O. The van der Waals surface area contributed by atoms with E-state index in [0.717, 1.165) is 49.8 Å². The SMILES string of the molecule is Bc1c(B)c(B)c(-c2nc(-c3c(B)c(B)c(B)c(B)c3B)nc(-c3cccc4c3oc3c(-c5ccc6c7ccccc7c7ccccc7c6c5)cccc34)n2)c(B)c1B. The minimum Gasteiger partial charge on any atom is -0.455 e. The zero-order valence-electron chi connectivity index (χ0n) is 35.6. The molecule has 0 saturated heterocycles. The van der Waals surface area contributed by atoms with Gasteiger partial charge < -0.3 is 4.42 Å². The number of para-hydroxylation sites is 2. The molecule has 4 nitrogen and oxygen atoms in total. The average Bonchev–Trinajstić information content (AvgIpc) is 3.65. The van der Waals surface area contributed by atoms with Crippen molar-refractivity contribution in [1.29, 1.82) is 0 Å². The Morgan fingerprint density at radius 1 is 0.305 bits per heavy atom. The van der Waals surface area contributed by atoms with E-state index in [1.54, 1.807) is 0 Å². The van der Waals surface area contributed by atoms with E-state index in [9.17, 15) is 0 Å². The van der Waals surface area contributed by atoms with Gasteiger partial charge in [0.05, 0.1) is 5.56 Å². The van der Waals surface area contributed by atoms with Crippen LogP contribution >= 0.6 is 0 Å². The number of aromatic nitrogens is 3. The van der Waals surface area contributed by atoms with E-state index in [4.69, 9.17) is 19.4 Å². The number of fused-ring (bicyclic) bond motifs is 9. The lowest BCUT2D eigenvalue weighted by Gasteiger charge is -2.22. The Bertz CT molecular complexity index is 3300. The van der Waals surface area contributed by atoms with Crippen molar-refractivity contribution < 1.29 is 4.42 Å². The zero-order valence-corrected chi connectivity index (χ0v) is 35.6. The van der Waals surface area contributed by atoms with Crippen molar-refractivity contribution in [2.75, 3.05) is 0 Å². The van der Waals surface area contributed by atoms with E-state index < -0.39 is 0 Å². The molecule has 59 heavy (non-hydrogen) atoms. The fraction of sp³-hybridized carbons (Fsp3) is 0. The van der Waals surface area contributed by atoms with Gasteiger partial charge in [-0.2, -0.15) is 0 Å². The molecule has 0 bridgehead atoms. The summed E-state index contributed by atoms with van der Waals surface area (Å²) < 4.78 is 7.09. The van der Waals surface area contributed by atoms with Crippen LogP contribution in [0.2, 0.25) is 0 Å². The number of benzene rings is 8. The molecule has 0 spiro atoms. The van der Waals surface area contributed by atoms with E-state index in [2.05, 4.69) is 182 Å². The van der Waals surface area contributed by atoms with Gasteiger partial charge in [-0.15, -0.1) is 32.8 Å². The van der Waals surface area contributed by atoms with Gasteiger partial charge in [0.15, 0.2) is 17.5 Å². The molecule has 0 radical (unpaired) electrons. The fourth-order valence-corrected chi connectivity index (χ4v) is 9.69. The standard InChI is InChI=1S/C45H37B10N3O/c46-31-29(32(47)36(51)39(54)35(31)50)44-56-43(57-45(58-44)30-33(48)37(52)40(55)38(53)34(30)49)27-14-6-13-26-25-12-5-11-19(41(25)59-42(26)27)18-15-16-24-22-9-2-1-7-20(22)21-8-3-4-10-23(21)28(24)17-18/h1-17H,46-55H2. The summed E-state index contributed by atoms with van der Waals surface area (Å²) in [6.07, 6.45) is 0. The molecule has 0 aliphatic rings. The first kappa shape index (κ1) is 37.3. The van der Waals surface area contributed by atoms with E-state index in [1.165, 1.54) is 86.9 Å². The Morgan fingerprint density at radius 2 is 0.661 bits per heavy atom. The van der Waals surface area contributed by atoms with Gasteiger partial charge >= 0.3 is 0 Å². The average molecular weight is 744 g/mol. The minimum atomic E-state index is 0.602. The second-order valence-electron chi connectivity index (χ2n) is 16.6. The molecule has 0 aliphatic carbocycles.